The third-order valence-corrected chi connectivity index (χ3v) is 5.77. The van der Waals surface area contributed by atoms with Crippen LogP contribution >= 0.6 is 0 Å². The molecule has 2 aliphatic rings. The van der Waals surface area contributed by atoms with Crippen LogP contribution < -0.4 is 0 Å². The molecule has 0 saturated carbocycles. The van der Waals surface area contributed by atoms with E-state index in [4.69, 9.17) is 0 Å². The van der Waals surface area contributed by atoms with Crippen molar-refractivity contribution in [3.8, 4) is 0 Å². The van der Waals surface area contributed by atoms with Crippen LogP contribution in [0.15, 0.2) is 48.5 Å². The molecule has 0 bridgehead atoms. The predicted molar refractivity (Wildman–Crippen MR) is 99.3 cm³/mol. The molecule has 1 unspecified atom stereocenters. The summed E-state index contributed by atoms with van der Waals surface area (Å²) in [4.78, 5) is 15.1. The average molecular weight is 330 g/mol. The van der Waals surface area contributed by atoms with E-state index in [0.717, 1.165) is 19.3 Å². The molecule has 0 fully saturated rings. The van der Waals surface area contributed by atoms with E-state index >= 15 is 0 Å². The highest BCUT2D eigenvalue weighted by molar-refractivity contribution is 5.90. The average Bonchev–Trinajstić information content (AvgIpc) is 2.94. The number of hydrogen-bond donors (Lipinski definition) is 0. The van der Waals surface area contributed by atoms with Gasteiger partial charge in [-0.3, -0.25) is 4.79 Å². The Balaban J connectivity index is 1.65. The molecule has 0 radical (unpaired) electrons. The van der Waals surface area contributed by atoms with Crippen LogP contribution in [0.3, 0.4) is 0 Å². The van der Waals surface area contributed by atoms with Crippen molar-refractivity contribution in [2.24, 2.45) is 0 Å². The normalized spacial score (nSPS) is 19.3. The van der Waals surface area contributed by atoms with E-state index in [2.05, 4.69) is 58.9 Å². The standard InChI is InChI=1S/C22H22N2O/c1-15-10-11-19-18(12-15)17-8-5-9-20-22(17)24(19)14-21(25)23(20)13-16-6-3-2-4-7-16/h2-4,6-7,10-12,20H,5,8-9,13-14H2,1H3. The molecule has 0 saturated heterocycles. The van der Waals surface area contributed by atoms with E-state index in [0.29, 0.717) is 13.1 Å². The zero-order valence-corrected chi connectivity index (χ0v) is 14.5. The number of carbonyl (C=O) groups is 1. The Kier molecular flexibility index (Phi) is 3.24. The van der Waals surface area contributed by atoms with Crippen molar-refractivity contribution >= 4 is 16.8 Å². The maximum Gasteiger partial charge on any atom is 0.243 e. The first-order valence-corrected chi connectivity index (χ1v) is 9.17. The maximum absolute atomic E-state index is 13.0. The van der Waals surface area contributed by atoms with Gasteiger partial charge in [-0.25, -0.2) is 0 Å². The SMILES string of the molecule is Cc1ccc2c(c1)c1c3n2CC(=O)N(Cc2ccccc2)C3CCC1. The van der Waals surface area contributed by atoms with E-state index in [1.165, 1.54) is 33.3 Å². The quantitative estimate of drug-likeness (QED) is 0.685. The topological polar surface area (TPSA) is 25.2 Å². The molecule has 1 aliphatic heterocycles. The third-order valence-electron chi connectivity index (χ3n) is 5.77. The zero-order valence-electron chi connectivity index (χ0n) is 14.5. The van der Waals surface area contributed by atoms with Crippen LogP contribution in [0.2, 0.25) is 0 Å². The Hall–Kier alpha value is -2.55. The number of benzene rings is 2. The van der Waals surface area contributed by atoms with E-state index < -0.39 is 0 Å². The van der Waals surface area contributed by atoms with Gasteiger partial charge in [-0.05, 0) is 49.4 Å². The lowest BCUT2D eigenvalue weighted by Crippen LogP contribution is -2.43. The number of amides is 1. The van der Waals surface area contributed by atoms with Crippen molar-refractivity contribution in [2.75, 3.05) is 0 Å². The summed E-state index contributed by atoms with van der Waals surface area (Å²) in [6.45, 7) is 3.33. The number of aryl methyl sites for hydroxylation is 2. The summed E-state index contributed by atoms with van der Waals surface area (Å²) in [5, 5.41) is 1.36. The van der Waals surface area contributed by atoms with Crippen LogP contribution in [0.1, 0.15) is 41.3 Å². The zero-order chi connectivity index (χ0) is 17.0. The second-order valence-corrected chi connectivity index (χ2v) is 7.39. The molecular formula is C22H22N2O. The van der Waals surface area contributed by atoms with Gasteiger partial charge in [0, 0.05) is 23.1 Å². The fraction of sp³-hybridized carbons (Fsp3) is 0.318. The summed E-state index contributed by atoms with van der Waals surface area (Å²) in [6.07, 6.45) is 3.36. The molecule has 3 nitrogen and oxygen atoms in total. The Morgan fingerprint density at radius 1 is 1.12 bits per heavy atom. The van der Waals surface area contributed by atoms with E-state index in [1.807, 2.05) is 6.07 Å². The van der Waals surface area contributed by atoms with Gasteiger partial charge in [0.2, 0.25) is 5.91 Å². The van der Waals surface area contributed by atoms with Gasteiger partial charge in [-0.1, -0.05) is 42.0 Å². The molecule has 3 heteroatoms. The molecule has 25 heavy (non-hydrogen) atoms. The monoisotopic (exact) mass is 330 g/mol. The highest BCUT2D eigenvalue weighted by Crippen LogP contribution is 2.43. The van der Waals surface area contributed by atoms with Crippen LogP contribution in [-0.4, -0.2) is 15.4 Å². The molecule has 126 valence electrons. The van der Waals surface area contributed by atoms with Crippen LogP contribution in [0.5, 0.6) is 0 Å². The predicted octanol–water partition coefficient (Wildman–Crippen LogP) is 4.37. The largest absolute Gasteiger partial charge is 0.333 e. The molecule has 2 heterocycles. The minimum absolute atomic E-state index is 0.220. The summed E-state index contributed by atoms with van der Waals surface area (Å²) in [5.74, 6) is 0.243. The van der Waals surface area contributed by atoms with E-state index in [1.54, 1.807) is 0 Å². The van der Waals surface area contributed by atoms with Gasteiger partial charge < -0.3 is 9.47 Å². The fourth-order valence-electron chi connectivity index (χ4n) is 4.66. The number of rotatable bonds is 2. The first-order chi connectivity index (χ1) is 12.2. The van der Waals surface area contributed by atoms with Gasteiger partial charge in [0.15, 0.2) is 0 Å². The van der Waals surface area contributed by atoms with Crippen LogP contribution in [-0.2, 0) is 24.3 Å². The Labute approximate surface area is 147 Å². The van der Waals surface area contributed by atoms with Gasteiger partial charge >= 0.3 is 0 Å². The van der Waals surface area contributed by atoms with Crippen molar-refractivity contribution in [1.82, 2.24) is 9.47 Å². The molecule has 3 aromatic rings. The molecule has 1 aliphatic carbocycles. The van der Waals surface area contributed by atoms with Crippen molar-refractivity contribution in [1.29, 1.82) is 0 Å². The van der Waals surface area contributed by atoms with Gasteiger partial charge in [0.1, 0.15) is 6.54 Å². The summed E-state index contributed by atoms with van der Waals surface area (Å²) >= 11 is 0. The van der Waals surface area contributed by atoms with Gasteiger partial charge in [-0.2, -0.15) is 0 Å². The summed E-state index contributed by atoms with van der Waals surface area (Å²) in [7, 11) is 0. The third kappa shape index (κ3) is 2.22. The summed E-state index contributed by atoms with van der Waals surface area (Å²) in [6, 6.07) is 17.2. The van der Waals surface area contributed by atoms with Gasteiger partial charge in [-0.15, -0.1) is 0 Å². The minimum atomic E-state index is 0.220. The first kappa shape index (κ1) is 14.8. The second-order valence-electron chi connectivity index (χ2n) is 7.39. The smallest absolute Gasteiger partial charge is 0.243 e. The van der Waals surface area contributed by atoms with Gasteiger partial charge in [0.25, 0.3) is 0 Å². The molecule has 1 amide bonds. The maximum atomic E-state index is 13.0. The van der Waals surface area contributed by atoms with Crippen molar-refractivity contribution in [3.63, 3.8) is 0 Å². The lowest BCUT2D eigenvalue weighted by Gasteiger charge is -2.39. The van der Waals surface area contributed by atoms with Gasteiger partial charge in [0.05, 0.1) is 6.04 Å². The van der Waals surface area contributed by atoms with E-state index in [9.17, 15) is 4.79 Å². The first-order valence-electron chi connectivity index (χ1n) is 9.17. The molecule has 0 spiro atoms. The van der Waals surface area contributed by atoms with Crippen molar-refractivity contribution < 1.29 is 4.79 Å². The van der Waals surface area contributed by atoms with Crippen LogP contribution in [0.25, 0.3) is 10.9 Å². The Morgan fingerprint density at radius 3 is 2.80 bits per heavy atom. The lowest BCUT2D eigenvalue weighted by atomic mass is 9.89. The van der Waals surface area contributed by atoms with Crippen molar-refractivity contribution in [2.45, 2.75) is 45.3 Å². The molecule has 2 aromatic carbocycles. The highest BCUT2D eigenvalue weighted by atomic mass is 16.2. The minimum Gasteiger partial charge on any atom is -0.333 e. The summed E-state index contributed by atoms with van der Waals surface area (Å²) in [5.41, 5.74) is 6.60. The van der Waals surface area contributed by atoms with Crippen molar-refractivity contribution in [3.05, 3.63) is 70.9 Å². The van der Waals surface area contributed by atoms with Crippen LogP contribution in [0, 0.1) is 6.92 Å². The number of nitrogens with zero attached hydrogens (tertiary/aromatic N) is 2. The lowest BCUT2D eigenvalue weighted by molar-refractivity contribution is -0.137. The number of fused-ring (bicyclic) bond motifs is 3. The molecule has 1 aromatic heterocycles. The molecular weight excluding hydrogens is 308 g/mol. The Morgan fingerprint density at radius 2 is 1.96 bits per heavy atom. The summed E-state index contributed by atoms with van der Waals surface area (Å²) < 4.78 is 2.29. The highest BCUT2D eigenvalue weighted by Gasteiger charge is 2.38. The number of aromatic nitrogens is 1. The second kappa shape index (κ2) is 5.48. The van der Waals surface area contributed by atoms with E-state index in [-0.39, 0.29) is 11.9 Å². The molecule has 0 N–H and O–H groups in total. The van der Waals surface area contributed by atoms with Crippen LogP contribution in [0.4, 0.5) is 0 Å². The molecule has 1 atom stereocenters. The molecule has 5 rings (SSSR count). The number of carbonyl (C=O) groups excluding carboxylic acids is 1. The Bertz CT molecular complexity index is 971. The fourth-order valence-corrected chi connectivity index (χ4v) is 4.66. The number of hydrogen-bond acceptors (Lipinski definition) is 1.